The van der Waals surface area contributed by atoms with Crippen molar-refractivity contribution in [1.29, 1.82) is 0 Å². The molecule has 6 nitrogen and oxygen atoms in total. The van der Waals surface area contributed by atoms with Gasteiger partial charge in [0.15, 0.2) is 11.4 Å². The molecule has 0 saturated heterocycles. The summed E-state index contributed by atoms with van der Waals surface area (Å²) in [7, 11) is 3.12. The lowest BCUT2D eigenvalue weighted by molar-refractivity contribution is -0.141. The molecule has 2 atom stereocenters. The molecule has 4 rings (SSSR count). The molecule has 25 heavy (non-hydrogen) atoms. The molecule has 6 heteroatoms. The van der Waals surface area contributed by atoms with Crippen molar-refractivity contribution in [3.63, 3.8) is 0 Å². The maximum absolute atomic E-state index is 13.0. The van der Waals surface area contributed by atoms with E-state index >= 15 is 0 Å². The van der Waals surface area contributed by atoms with E-state index in [4.69, 9.17) is 9.47 Å². The second kappa shape index (κ2) is 5.32. The minimum absolute atomic E-state index is 0.0799. The van der Waals surface area contributed by atoms with Gasteiger partial charge in [-0.3, -0.25) is 9.59 Å². The van der Waals surface area contributed by atoms with Crippen molar-refractivity contribution in [2.75, 3.05) is 25.7 Å². The Bertz CT molecular complexity index is 893. The zero-order valence-corrected chi connectivity index (χ0v) is 13.9. The van der Waals surface area contributed by atoms with Gasteiger partial charge in [-0.25, -0.2) is 0 Å². The van der Waals surface area contributed by atoms with Gasteiger partial charge in [-0.05, 0) is 18.2 Å². The second-order valence-corrected chi connectivity index (χ2v) is 6.24. The number of nitrogens with zero attached hydrogens (tertiary/aromatic N) is 1. The van der Waals surface area contributed by atoms with Crippen molar-refractivity contribution >= 4 is 17.4 Å². The maximum atomic E-state index is 13.0. The number of rotatable bonds is 2. The Balaban J connectivity index is 1.80. The van der Waals surface area contributed by atoms with Crippen LogP contribution in [0.4, 0.5) is 5.69 Å². The number of anilines is 1. The van der Waals surface area contributed by atoms with Gasteiger partial charge in [-0.1, -0.05) is 18.2 Å². The number of carbonyl (C=O) groups is 2. The number of amides is 1. The van der Waals surface area contributed by atoms with Crippen molar-refractivity contribution < 1.29 is 24.2 Å². The summed E-state index contributed by atoms with van der Waals surface area (Å²) in [5, 5.41) is 11.3. The van der Waals surface area contributed by atoms with Crippen LogP contribution in [0.5, 0.6) is 11.5 Å². The van der Waals surface area contributed by atoms with E-state index in [1.165, 1.54) is 12.0 Å². The Morgan fingerprint density at radius 2 is 2.00 bits per heavy atom. The van der Waals surface area contributed by atoms with Crippen LogP contribution in [0, 0.1) is 5.92 Å². The molecular weight excluding hydrogens is 322 g/mol. The number of ketones is 1. The van der Waals surface area contributed by atoms with E-state index in [0.29, 0.717) is 28.3 Å². The van der Waals surface area contributed by atoms with Crippen LogP contribution in [0.25, 0.3) is 0 Å². The smallest absolute Gasteiger partial charge is 0.264 e. The van der Waals surface area contributed by atoms with Crippen LogP contribution >= 0.6 is 0 Å². The standard InChI is InChI=1S/C19H17NO5/c1-20-15-6-4-3-5-13(15)19(23,18(20)22)14-10-25-16-9-11(24-2)7-8-12(16)17(14)21/h3-9,14,23H,10H2,1-2H3/t14-,19+/m1/s1. The number of methoxy groups -OCH3 is 1. The highest BCUT2D eigenvalue weighted by molar-refractivity contribution is 6.12. The minimum atomic E-state index is -1.93. The van der Waals surface area contributed by atoms with Gasteiger partial charge >= 0.3 is 0 Å². The van der Waals surface area contributed by atoms with Gasteiger partial charge in [-0.15, -0.1) is 0 Å². The quantitative estimate of drug-likeness (QED) is 0.902. The number of aliphatic hydroxyl groups is 1. The van der Waals surface area contributed by atoms with Gasteiger partial charge in [0.05, 0.1) is 24.3 Å². The molecule has 128 valence electrons. The number of likely N-dealkylation sites (N-methyl/N-ethyl adjacent to an activating group) is 1. The molecule has 1 N–H and O–H groups in total. The predicted octanol–water partition coefficient (Wildman–Crippen LogP) is 1.75. The molecular formula is C19H17NO5. The Morgan fingerprint density at radius 3 is 2.76 bits per heavy atom. The fraction of sp³-hybridized carbons (Fsp3) is 0.263. The number of hydrogen-bond acceptors (Lipinski definition) is 5. The summed E-state index contributed by atoms with van der Waals surface area (Å²) >= 11 is 0. The van der Waals surface area contributed by atoms with Crippen LogP contribution in [0.3, 0.4) is 0 Å². The molecule has 2 aliphatic rings. The number of hydrogen-bond donors (Lipinski definition) is 1. The van der Waals surface area contributed by atoms with Crippen LogP contribution in [0.15, 0.2) is 42.5 Å². The number of fused-ring (bicyclic) bond motifs is 2. The average molecular weight is 339 g/mol. The molecule has 2 aromatic carbocycles. The van der Waals surface area contributed by atoms with Gasteiger partial charge < -0.3 is 19.5 Å². The molecule has 0 unspecified atom stereocenters. The van der Waals surface area contributed by atoms with Crippen LogP contribution in [-0.4, -0.2) is 37.6 Å². The first-order valence-corrected chi connectivity index (χ1v) is 7.93. The largest absolute Gasteiger partial charge is 0.497 e. The molecule has 0 bridgehead atoms. The molecule has 2 aliphatic heterocycles. The number of Topliss-reactive ketones (excluding diaryl/α,β-unsaturated/α-hetero) is 1. The van der Waals surface area contributed by atoms with E-state index in [1.54, 1.807) is 49.5 Å². The average Bonchev–Trinajstić information content (AvgIpc) is 2.84. The predicted molar refractivity (Wildman–Crippen MR) is 90.1 cm³/mol. The van der Waals surface area contributed by atoms with Crippen molar-refractivity contribution in [3.05, 3.63) is 53.6 Å². The van der Waals surface area contributed by atoms with Crippen molar-refractivity contribution in [2.24, 2.45) is 5.92 Å². The van der Waals surface area contributed by atoms with E-state index in [9.17, 15) is 14.7 Å². The first-order chi connectivity index (χ1) is 12.0. The molecule has 0 fully saturated rings. The molecule has 0 aromatic heterocycles. The summed E-state index contributed by atoms with van der Waals surface area (Å²) in [5.41, 5.74) is -0.560. The van der Waals surface area contributed by atoms with Crippen LogP contribution in [0.1, 0.15) is 15.9 Å². The number of ether oxygens (including phenoxy) is 2. The van der Waals surface area contributed by atoms with Gasteiger partial charge in [-0.2, -0.15) is 0 Å². The van der Waals surface area contributed by atoms with E-state index < -0.39 is 17.4 Å². The number of carbonyl (C=O) groups excluding carboxylic acids is 2. The summed E-state index contributed by atoms with van der Waals surface area (Å²) in [5.74, 6) is -0.869. The second-order valence-electron chi connectivity index (χ2n) is 6.24. The Morgan fingerprint density at radius 1 is 1.24 bits per heavy atom. The minimum Gasteiger partial charge on any atom is -0.497 e. The number of para-hydroxylation sites is 1. The maximum Gasteiger partial charge on any atom is 0.264 e. The van der Waals surface area contributed by atoms with Gasteiger partial charge in [0.25, 0.3) is 5.91 Å². The summed E-state index contributed by atoms with van der Waals surface area (Å²) in [6, 6.07) is 11.8. The van der Waals surface area contributed by atoms with Crippen LogP contribution in [-0.2, 0) is 10.4 Å². The van der Waals surface area contributed by atoms with E-state index in [-0.39, 0.29) is 12.4 Å². The Kier molecular flexibility index (Phi) is 3.33. The summed E-state index contributed by atoms with van der Waals surface area (Å²) < 4.78 is 10.8. The van der Waals surface area contributed by atoms with Crippen molar-refractivity contribution in [2.45, 2.75) is 5.60 Å². The summed E-state index contributed by atoms with van der Waals surface area (Å²) in [6.07, 6.45) is 0. The first-order valence-electron chi connectivity index (χ1n) is 7.93. The fourth-order valence-corrected chi connectivity index (χ4v) is 3.60. The van der Waals surface area contributed by atoms with Crippen molar-refractivity contribution in [1.82, 2.24) is 0 Å². The SMILES string of the molecule is COc1ccc2c(c1)OC[C@@H]([C@]1(O)C(=O)N(C)c3ccccc31)C2=O. The normalized spacial score (nSPS) is 24.6. The number of benzene rings is 2. The third-order valence-corrected chi connectivity index (χ3v) is 4.99. The molecule has 2 heterocycles. The van der Waals surface area contributed by atoms with Gasteiger partial charge in [0, 0.05) is 18.7 Å². The van der Waals surface area contributed by atoms with Gasteiger partial charge in [0.1, 0.15) is 18.1 Å². The molecule has 0 saturated carbocycles. The first kappa shape index (κ1) is 15.7. The Hall–Kier alpha value is -2.86. The van der Waals surface area contributed by atoms with Crippen LogP contribution in [0.2, 0.25) is 0 Å². The zero-order valence-electron chi connectivity index (χ0n) is 13.9. The van der Waals surface area contributed by atoms with E-state index in [0.717, 1.165) is 0 Å². The lowest BCUT2D eigenvalue weighted by Gasteiger charge is -2.33. The highest BCUT2D eigenvalue weighted by Gasteiger charge is 2.57. The van der Waals surface area contributed by atoms with E-state index in [1.807, 2.05) is 0 Å². The van der Waals surface area contributed by atoms with E-state index in [2.05, 4.69) is 0 Å². The monoisotopic (exact) mass is 339 g/mol. The summed E-state index contributed by atoms with van der Waals surface area (Å²) in [4.78, 5) is 27.2. The highest BCUT2D eigenvalue weighted by Crippen LogP contribution is 2.47. The lowest BCUT2D eigenvalue weighted by Crippen LogP contribution is -2.51. The molecule has 0 radical (unpaired) electrons. The zero-order chi connectivity index (χ0) is 17.8. The summed E-state index contributed by atoms with van der Waals surface area (Å²) in [6.45, 7) is -0.0799. The van der Waals surface area contributed by atoms with Crippen LogP contribution < -0.4 is 14.4 Å². The third-order valence-electron chi connectivity index (χ3n) is 4.99. The third kappa shape index (κ3) is 2.01. The molecule has 1 amide bonds. The highest BCUT2D eigenvalue weighted by atomic mass is 16.5. The molecule has 0 spiro atoms. The molecule has 0 aliphatic carbocycles. The Labute approximate surface area is 144 Å². The van der Waals surface area contributed by atoms with Gasteiger partial charge in [0.2, 0.25) is 0 Å². The lowest BCUT2D eigenvalue weighted by atomic mass is 9.77. The van der Waals surface area contributed by atoms with Crippen molar-refractivity contribution in [3.8, 4) is 11.5 Å². The molecule has 2 aromatic rings. The topological polar surface area (TPSA) is 76.1 Å². The fourth-order valence-electron chi connectivity index (χ4n) is 3.60.